The largest absolute Gasteiger partial charge is 0.508 e. The molecule has 1 aromatic heterocycles. The van der Waals surface area contributed by atoms with Crippen molar-refractivity contribution in [2.75, 3.05) is 26.3 Å². The maximum absolute atomic E-state index is 9.60. The molecule has 4 rings (SSSR count). The molecule has 0 amide bonds. The van der Waals surface area contributed by atoms with E-state index in [1.54, 1.807) is 17.4 Å². The van der Waals surface area contributed by atoms with Crippen molar-refractivity contribution in [1.29, 1.82) is 0 Å². The number of rotatable bonds is 3. The van der Waals surface area contributed by atoms with E-state index < -0.39 is 0 Å². The van der Waals surface area contributed by atoms with Crippen LogP contribution in [0, 0.1) is 0 Å². The van der Waals surface area contributed by atoms with Crippen LogP contribution in [0.5, 0.6) is 5.75 Å². The summed E-state index contributed by atoms with van der Waals surface area (Å²) in [6.07, 6.45) is 0. The zero-order valence-electron chi connectivity index (χ0n) is 12.9. The molecule has 1 N–H and O–H groups in total. The van der Waals surface area contributed by atoms with E-state index in [1.165, 1.54) is 21.4 Å². The summed E-state index contributed by atoms with van der Waals surface area (Å²) >= 11 is 1.72. The lowest BCUT2D eigenvalue weighted by molar-refractivity contribution is 0.0342. The first-order valence-electron chi connectivity index (χ1n) is 7.90. The van der Waals surface area contributed by atoms with Crippen LogP contribution in [0.15, 0.2) is 48.5 Å². The van der Waals surface area contributed by atoms with Crippen molar-refractivity contribution >= 4 is 21.4 Å². The van der Waals surface area contributed by atoms with Gasteiger partial charge in [0.15, 0.2) is 0 Å². The van der Waals surface area contributed by atoms with Crippen molar-refractivity contribution in [3.05, 3.63) is 54.1 Å². The van der Waals surface area contributed by atoms with E-state index in [-0.39, 0.29) is 0 Å². The zero-order chi connectivity index (χ0) is 15.6. The molecular weight excluding hydrogens is 306 g/mol. The number of morpholine rings is 1. The fraction of sp³-hybridized carbons (Fsp3) is 0.263. The normalized spacial score (nSPS) is 16.0. The summed E-state index contributed by atoms with van der Waals surface area (Å²) in [4.78, 5) is 3.67. The summed E-state index contributed by atoms with van der Waals surface area (Å²) in [5.41, 5.74) is 2.57. The summed E-state index contributed by atoms with van der Waals surface area (Å²) < 4.78 is 6.52. The van der Waals surface area contributed by atoms with Crippen LogP contribution in [0.3, 0.4) is 0 Å². The van der Waals surface area contributed by atoms with Crippen LogP contribution < -0.4 is 0 Å². The van der Waals surface area contributed by atoms with Gasteiger partial charge >= 0.3 is 0 Å². The van der Waals surface area contributed by atoms with Crippen molar-refractivity contribution < 1.29 is 9.84 Å². The summed E-state index contributed by atoms with van der Waals surface area (Å²) in [5.74, 6) is 0.326. The Morgan fingerprint density at radius 2 is 1.78 bits per heavy atom. The van der Waals surface area contributed by atoms with Gasteiger partial charge in [-0.3, -0.25) is 4.90 Å². The Morgan fingerprint density at radius 1 is 1.00 bits per heavy atom. The number of aromatic hydroxyl groups is 1. The van der Waals surface area contributed by atoms with Crippen LogP contribution >= 0.6 is 11.3 Å². The molecule has 0 spiro atoms. The molecule has 1 fully saturated rings. The third kappa shape index (κ3) is 3.24. The molecule has 118 valence electrons. The summed E-state index contributed by atoms with van der Waals surface area (Å²) in [6.45, 7) is 4.70. The highest BCUT2D eigenvalue weighted by atomic mass is 32.1. The van der Waals surface area contributed by atoms with Crippen molar-refractivity contribution in [2.45, 2.75) is 6.54 Å². The van der Waals surface area contributed by atoms with Crippen LogP contribution in [0.4, 0.5) is 0 Å². The summed E-state index contributed by atoms with van der Waals surface area (Å²) in [5, 5.41) is 10.8. The molecule has 0 unspecified atom stereocenters. The number of phenolic OH excluding ortho intramolecular Hbond substituents is 1. The second-order valence-electron chi connectivity index (χ2n) is 5.92. The highest BCUT2D eigenvalue weighted by Gasteiger charge is 2.11. The van der Waals surface area contributed by atoms with Crippen LogP contribution in [0.25, 0.3) is 20.5 Å². The van der Waals surface area contributed by atoms with Gasteiger partial charge in [0.25, 0.3) is 0 Å². The standard InChI is InChI=1S/C19H19NO2S/c21-17-6-5-16-11-18(23-19(16)12-17)15-3-1-14(2-4-15)13-20-7-9-22-10-8-20/h1-6,11-12,21H,7-10,13H2. The Labute approximate surface area is 139 Å². The minimum Gasteiger partial charge on any atom is -0.508 e. The van der Waals surface area contributed by atoms with Gasteiger partial charge in [-0.05, 0) is 40.8 Å². The molecule has 0 aliphatic carbocycles. The number of ether oxygens (including phenoxy) is 1. The number of thiophene rings is 1. The quantitative estimate of drug-likeness (QED) is 0.787. The molecule has 3 aromatic rings. The number of benzene rings is 2. The van der Waals surface area contributed by atoms with E-state index >= 15 is 0 Å². The van der Waals surface area contributed by atoms with Gasteiger partial charge in [-0.15, -0.1) is 11.3 Å². The van der Waals surface area contributed by atoms with Crippen molar-refractivity contribution in [3.63, 3.8) is 0 Å². The van der Waals surface area contributed by atoms with Crippen LogP contribution in [0.2, 0.25) is 0 Å². The molecule has 0 bridgehead atoms. The average molecular weight is 325 g/mol. The van der Waals surface area contributed by atoms with Gasteiger partial charge in [0.2, 0.25) is 0 Å². The highest BCUT2D eigenvalue weighted by Crippen LogP contribution is 2.35. The van der Waals surface area contributed by atoms with Crippen molar-refractivity contribution in [1.82, 2.24) is 4.90 Å². The molecule has 23 heavy (non-hydrogen) atoms. The topological polar surface area (TPSA) is 32.7 Å². The number of phenols is 1. The lowest BCUT2D eigenvalue weighted by atomic mass is 10.1. The maximum atomic E-state index is 9.60. The minimum absolute atomic E-state index is 0.326. The fourth-order valence-electron chi connectivity index (χ4n) is 2.95. The summed E-state index contributed by atoms with van der Waals surface area (Å²) in [6, 6.07) is 16.6. The lowest BCUT2D eigenvalue weighted by Gasteiger charge is -2.26. The van der Waals surface area contributed by atoms with Gasteiger partial charge in [-0.1, -0.05) is 24.3 Å². The first-order chi connectivity index (χ1) is 11.3. The molecule has 3 nitrogen and oxygen atoms in total. The van der Waals surface area contributed by atoms with E-state index in [1.807, 2.05) is 12.1 Å². The Bertz CT molecular complexity index is 804. The fourth-order valence-corrected chi connectivity index (χ4v) is 4.06. The molecule has 2 heterocycles. The minimum atomic E-state index is 0.326. The predicted octanol–water partition coefficient (Wildman–Crippen LogP) is 4.11. The average Bonchev–Trinajstić information content (AvgIpc) is 2.99. The van der Waals surface area contributed by atoms with Gasteiger partial charge in [0.05, 0.1) is 13.2 Å². The van der Waals surface area contributed by atoms with Gasteiger partial charge in [0.1, 0.15) is 5.75 Å². The molecular formula is C19H19NO2S. The molecule has 0 saturated carbocycles. The predicted molar refractivity (Wildman–Crippen MR) is 95.0 cm³/mol. The number of nitrogens with zero attached hydrogens (tertiary/aromatic N) is 1. The second-order valence-corrected chi connectivity index (χ2v) is 7.00. The van der Waals surface area contributed by atoms with Crippen molar-refractivity contribution in [3.8, 4) is 16.2 Å². The molecule has 1 saturated heterocycles. The van der Waals surface area contributed by atoms with Gasteiger partial charge in [0, 0.05) is 29.2 Å². The van der Waals surface area contributed by atoms with Gasteiger partial charge < -0.3 is 9.84 Å². The Hall–Kier alpha value is -1.88. The monoisotopic (exact) mass is 325 g/mol. The third-order valence-electron chi connectivity index (χ3n) is 4.25. The molecule has 1 aliphatic rings. The number of hydrogen-bond acceptors (Lipinski definition) is 4. The molecule has 4 heteroatoms. The molecule has 2 aromatic carbocycles. The number of fused-ring (bicyclic) bond motifs is 1. The lowest BCUT2D eigenvalue weighted by Crippen LogP contribution is -2.35. The van der Waals surface area contributed by atoms with E-state index in [4.69, 9.17) is 4.74 Å². The molecule has 1 aliphatic heterocycles. The Kier molecular flexibility index (Phi) is 4.04. The Morgan fingerprint density at radius 3 is 2.57 bits per heavy atom. The highest BCUT2D eigenvalue weighted by molar-refractivity contribution is 7.22. The van der Waals surface area contributed by atoms with Gasteiger partial charge in [-0.2, -0.15) is 0 Å². The van der Waals surface area contributed by atoms with E-state index in [9.17, 15) is 5.11 Å². The van der Waals surface area contributed by atoms with Crippen LogP contribution in [-0.4, -0.2) is 36.3 Å². The molecule has 0 atom stereocenters. The smallest absolute Gasteiger partial charge is 0.117 e. The zero-order valence-corrected chi connectivity index (χ0v) is 13.7. The summed E-state index contributed by atoms with van der Waals surface area (Å²) in [7, 11) is 0. The SMILES string of the molecule is Oc1ccc2cc(-c3ccc(CN4CCOCC4)cc3)sc2c1. The van der Waals surface area contributed by atoms with E-state index in [0.29, 0.717) is 5.75 Å². The van der Waals surface area contributed by atoms with Crippen LogP contribution in [0.1, 0.15) is 5.56 Å². The maximum Gasteiger partial charge on any atom is 0.117 e. The van der Waals surface area contributed by atoms with Crippen LogP contribution in [-0.2, 0) is 11.3 Å². The van der Waals surface area contributed by atoms with E-state index in [2.05, 4.69) is 35.2 Å². The first kappa shape index (κ1) is 14.7. The number of hydrogen-bond donors (Lipinski definition) is 1. The van der Waals surface area contributed by atoms with E-state index in [0.717, 1.165) is 37.5 Å². The second kappa shape index (κ2) is 6.32. The third-order valence-corrected chi connectivity index (χ3v) is 5.40. The first-order valence-corrected chi connectivity index (χ1v) is 8.71. The van der Waals surface area contributed by atoms with Crippen molar-refractivity contribution in [2.24, 2.45) is 0 Å². The van der Waals surface area contributed by atoms with Gasteiger partial charge in [-0.25, -0.2) is 0 Å². The Balaban J connectivity index is 1.54. The molecule has 0 radical (unpaired) electrons.